The number of hydrogen-bond acceptors (Lipinski definition) is 7. The third kappa shape index (κ3) is 2.65. The molecular formula is C20H17N3O5. The number of nitrogens with zero attached hydrogens (tertiary/aromatic N) is 3. The number of aromatic nitrogens is 2. The zero-order chi connectivity index (χ0) is 20.0. The molecule has 0 spiro atoms. The van der Waals surface area contributed by atoms with Crippen LogP contribution in [-0.2, 0) is 11.3 Å². The SMILES string of the molecule is CCc1cc(C(=O)ON2C(=O)c3ccccc3C2=O)c2c(C(C)C)noc2n1. The predicted molar refractivity (Wildman–Crippen MR) is 97.6 cm³/mol. The first-order chi connectivity index (χ1) is 13.4. The predicted octanol–water partition coefficient (Wildman–Crippen LogP) is 3.28. The van der Waals surface area contributed by atoms with Crippen LogP contribution >= 0.6 is 0 Å². The van der Waals surface area contributed by atoms with E-state index in [2.05, 4.69) is 10.1 Å². The topological polar surface area (TPSA) is 103 Å². The second-order valence-corrected chi connectivity index (χ2v) is 6.75. The van der Waals surface area contributed by atoms with Gasteiger partial charge in [-0.2, -0.15) is 0 Å². The lowest BCUT2D eigenvalue weighted by Crippen LogP contribution is -2.32. The summed E-state index contributed by atoms with van der Waals surface area (Å²) >= 11 is 0. The zero-order valence-corrected chi connectivity index (χ0v) is 15.6. The van der Waals surface area contributed by atoms with Crippen molar-refractivity contribution in [2.24, 2.45) is 0 Å². The first kappa shape index (κ1) is 17.8. The Labute approximate surface area is 160 Å². The van der Waals surface area contributed by atoms with Gasteiger partial charge in [-0.15, -0.1) is 0 Å². The number of rotatable bonds is 4. The normalized spacial score (nSPS) is 13.5. The van der Waals surface area contributed by atoms with Crippen LogP contribution in [0.5, 0.6) is 0 Å². The molecule has 0 N–H and O–H groups in total. The maximum atomic E-state index is 12.9. The maximum absolute atomic E-state index is 12.9. The minimum Gasteiger partial charge on any atom is -0.335 e. The van der Waals surface area contributed by atoms with Crippen molar-refractivity contribution in [3.05, 3.63) is 58.4 Å². The summed E-state index contributed by atoms with van der Waals surface area (Å²) in [5, 5.41) is 4.93. The molecule has 28 heavy (non-hydrogen) atoms. The summed E-state index contributed by atoms with van der Waals surface area (Å²) in [7, 11) is 0. The number of benzene rings is 1. The van der Waals surface area contributed by atoms with Crippen LogP contribution < -0.4 is 0 Å². The number of hydrogen-bond donors (Lipinski definition) is 0. The molecular weight excluding hydrogens is 362 g/mol. The molecule has 1 aliphatic rings. The summed E-state index contributed by atoms with van der Waals surface area (Å²) in [6, 6.07) is 7.88. The third-order valence-corrected chi connectivity index (χ3v) is 4.59. The Hall–Kier alpha value is -3.55. The maximum Gasteiger partial charge on any atom is 0.364 e. The molecule has 0 radical (unpaired) electrons. The van der Waals surface area contributed by atoms with E-state index in [1.807, 2.05) is 20.8 Å². The Morgan fingerprint density at radius 2 is 1.82 bits per heavy atom. The van der Waals surface area contributed by atoms with Crippen LogP contribution in [0.4, 0.5) is 0 Å². The van der Waals surface area contributed by atoms with E-state index >= 15 is 0 Å². The quantitative estimate of drug-likeness (QED) is 0.641. The summed E-state index contributed by atoms with van der Waals surface area (Å²) in [5.74, 6) is -2.23. The molecule has 8 nitrogen and oxygen atoms in total. The molecule has 142 valence electrons. The number of carbonyl (C=O) groups excluding carboxylic acids is 3. The lowest BCUT2D eigenvalue weighted by atomic mass is 10.0. The summed E-state index contributed by atoms with van der Waals surface area (Å²) in [6.07, 6.45) is 0.556. The Morgan fingerprint density at radius 1 is 1.18 bits per heavy atom. The lowest BCUT2D eigenvalue weighted by molar-refractivity contribution is -0.0583. The number of amides is 2. The highest BCUT2D eigenvalue weighted by Crippen LogP contribution is 2.29. The molecule has 0 atom stereocenters. The monoisotopic (exact) mass is 379 g/mol. The molecule has 0 unspecified atom stereocenters. The van der Waals surface area contributed by atoms with E-state index in [1.165, 1.54) is 12.1 Å². The zero-order valence-electron chi connectivity index (χ0n) is 15.6. The molecule has 0 saturated carbocycles. The Bertz CT molecular complexity index is 1100. The highest BCUT2D eigenvalue weighted by atomic mass is 16.7. The molecule has 2 aromatic heterocycles. The van der Waals surface area contributed by atoms with E-state index in [0.29, 0.717) is 28.3 Å². The van der Waals surface area contributed by atoms with Crippen LogP contribution in [0, 0.1) is 0 Å². The first-order valence-corrected chi connectivity index (χ1v) is 8.91. The van der Waals surface area contributed by atoms with Gasteiger partial charge in [0.25, 0.3) is 17.5 Å². The van der Waals surface area contributed by atoms with Gasteiger partial charge in [-0.25, -0.2) is 9.78 Å². The van der Waals surface area contributed by atoms with Crippen molar-refractivity contribution in [1.82, 2.24) is 15.2 Å². The molecule has 0 fully saturated rings. The molecule has 0 bridgehead atoms. The van der Waals surface area contributed by atoms with Crippen LogP contribution in [0.15, 0.2) is 34.9 Å². The Balaban J connectivity index is 1.75. The Morgan fingerprint density at radius 3 is 2.39 bits per heavy atom. The lowest BCUT2D eigenvalue weighted by Gasteiger charge is -2.13. The van der Waals surface area contributed by atoms with Gasteiger partial charge in [-0.1, -0.05) is 43.1 Å². The summed E-state index contributed by atoms with van der Waals surface area (Å²) in [4.78, 5) is 47.4. The van der Waals surface area contributed by atoms with Gasteiger partial charge in [0.05, 0.1) is 27.8 Å². The average molecular weight is 379 g/mol. The first-order valence-electron chi connectivity index (χ1n) is 8.91. The van der Waals surface area contributed by atoms with Gasteiger partial charge < -0.3 is 9.36 Å². The number of imide groups is 1. The average Bonchev–Trinajstić information content (AvgIpc) is 3.23. The van der Waals surface area contributed by atoms with Crippen LogP contribution in [0.3, 0.4) is 0 Å². The highest BCUT2D eigenvalue weighted by Gasteiger charge is 2.39. The molecule has 8 heteroatoms. The van der Waals surface area contributed by atoms with E-state index in [9.17, 15) is 14.4 Å². The number of pyridine rings is 1. The van der Waals surface area contributed by atoms with Gasteiger partial charge in [0.2, 0.25) is 0 Å². The second kappa shape index (κ2) is 6.56. The van der Waals surface area contributed by atoms with Crippen molar-refractivity contribution in [3.8, 4) is 0 Å². The van der Waals surface area contributed by atoms with Crippen molar-refractivity contribution >= 4 is 28.9 Å². The molecule has 0 saturated heterocycles. The molecule has 3 aromatic rings. The van der Waals surface area contributed by atoms with Crippen molar-refractivity contribution < 1.29 is 23.7 Å². The van der Waals surface area contributed by atoms with Gasteiger partial charge >= 0.3 is 5.97 Å². The fourth-order valence-corrected chi connectivity index (χ4v) is 3.14. The molecule has 4 rings (SSSR count). The summed E-state index contributed by atoms with van der Waals surface area (Å²) in [6.45, 7) is 5.70. The van der Waals surface area contributed by atoms with Gasteiger partial charge in [-0.3, -0.25) is 9.59 Å². The number of carbonyl (C=O) groups is 3. The molecule has 0 aliphatic carbocycles. The number of hydroxylamine groups is 2. The molecule has 1 aliphatic heterocycles. The minimum absolute atomic E-state index is 0.0265. The van der Waals surface area contributed by atoms with Crippen molar-refractivity contribution in [2.75, 3.05) is 0 Å². The summed E-state index contributed by atoms with van der Waals surface area (Å²) in [5.41, 5.74) is 1.93. The van der Waals surface area contributed by atoms with E-state index in [0.717, 1.165) is 0 Å². The fourth-order valence-electron chi connectivity index (χ4n) is 3.14. The number of fused-ring (bicyclic) bond motifs is 2. The van der Waals surface area contributed by atoms with Gasteiger partial charge in [0, 0.05) is 5.69 Å². The second-order valence-electron chi connectivity index (χ2n) is 6.75. The minimum atomic E-state index is -0.846. The molecule has 3 heterocycles. The van der Waals surface area contributed by atoms with E-state index in [1.54, 1.807) is 18.2 Å². The van der Waals surface area contributed by atoms with E-state index < -0.39 is 17.8 Å². The standard InChI is InChI=1S/C20H17N3O5/c1-4-11-9-14(15-16(10(2)3)22-27-17(15)21-11)20(26)28-23-18(24)12-7-5-6-8-13(12)19(23)25/h5-10H,4H2,1-3H3. The fraction of sp³-hybridized carbons (Fsp3) is 0.250. The number of aryl methyl sites for hydroxylation is 1. The molecule has 2 amide bonds. The Kier molecular flexibility index (Phi) is 4.18. The highest BCUT2D eigenvalue weighted by molar-refractivity contribution is 6.21. The van der Waals surface area contributed by atoms with Crippen LogP contribution in [-0.4, -0.2) is 33.0 Å². The van der Waals surface area contributed by atoms with Crippen molar-refractivity contribution in [1.29, 1.82) is 0 Å². The van der Waals surface area contributed by atoms with Crippen LogP contribution in [0.2, 0.25) is 0 Å². The summed E-state index contributed by atoms with van der Waals surface area (Å²) < 4.78 is 5.29. The third-order valence-electron chi connectivity index (χ3n) is 4.59. The van der Waals surface area contributed by atoms with E-state index in [4.69, 9.17) is 9.36 Å². The van der Waals surface area contributed by atoms with Gasteiger partial charge in [0.15, 0.2) is 0 Å². The smallest absolute Gasteiger partial charge is 0.335 e. The van der Waals surface area contributed by atoms with Crippen molar-refractivity contribution in [3.63, 3.8) is 0 Å². The van der Waals surface area contributed by atoms with Crippen molar-refractivity contribution in [2.45, 2.75) is 33.1 Å². The van der Waals surface area contributed by atoms with Gasteiger partial charge in [0.1, 0.15) is 0 Å². The van der Waals surface area contributed by atoms with Crippen LogP contribution in [0.25, 0.3) is 11.1 Å². The van der Waals surface area contributed by atoms with E-state index in [-0.39, 0.29) is 28.3 Å². The van der Waals surface area contributed by atoms with Crippen LogP contribution in [0.1, 0.15) is 69.2 Å². The van der Waals surface area contributed by atoms with Gasteiger partial charge in [-0.05, 0) is 30.5 Å². The molecule has 1 aromatic carbocycles. The largest absolute Gasteiger partial charge is 0.364 e.